The second-order valence-corrected chi connectivity index (χ2v) is 8.61. The van der Waals surface area contributed by atoms with Crippen LogP contribution in [0.15, 0.2) is 47.3 Å². The average Bonchev–Trinajstić information content (AvgIpc) is 2.76. The Morgan fingerprint density at radius 2 is 1.83 bits per heavy atom. The van der Waals surface area contributed by atoms with E-state index in [4.69, 9.17) is 0 Å². The molecule has 0 radical (unpaired) electrons. The number of fused-ring (bicyclic) bond motifs is 4. The molecule has 1 aromatic carbocycles. The van der Waals surface area contributed by atoms with Gasteiger partial charge in [-0.05, 0) is 56.0 Å². The predicted octanol–water partition coefficient (Wildman–Crippen LogP) is 1.95. The van der Waals surface area contributed by atoms with Crippen molar-refractivity contribution in [1.82, 2.24) is 15.2 Å². The fourth-order valence-corrected chi connectivity index (χ4v) is 5.15. The van der Waals surface area contributed by atoms with Crippen LogP contribution in [-0.4, -0.2) is 42.7 Å². The number of piperidine rings is 2. The maximum absolute atomic E-state index is 13.0. The fraction of sp³-hybridized carbons (Fsp3) is 0.478. The molecular formula is C23H28N4O2. The standard InChI is InChI=1S/C23H28N4O2/c28-22(25-18-8-10-26(11-9-18)19-4-2-1-3-5-19)20-6-7-21-17-12-16(13-24-14-17)15-27(21)23(20)29/h1-7,16-18,24H,8-15H2,(H,25,28)/t16-,17+/m0/s1. The third-order valence-electron chi connectivity index (χ3n) is 6.70. The summed E-state index contributed by atoms with van der Waals surface area (Å²) in [7, 11) is 0. The predicted molar refractivity (Wildman–Crippen MR) is 114 cm³/mol. The van der Waals surface area contributed by atoms with Gasteiger partial charge in [-0.15, -0.1) is 0 Å². The summed E-state index contributed by atoms with van der Waals surface area (Å²) < 4.78 is 1.85. The van der Waals surface area contributed by atoms with Gasteiger partial charge in [-0.1, -0.05) is 18.2 Å². The molecule has 0 saturated carbocycles. The van der Waals surface area contributed by atoms with Gasteiger partial charge in [-0.3, -0.25) is 9.59 Å². The first-order valence-corrected chi connectivity index (χ1v) is 10.7. The second-order valence-electron chi connectivity index (χ2n) is 8.61. The number of benzene rings is 1. The molecule has 152 valence electrons. The van der Waals surface area contributed by atoms with Crippen molar-refractivity contribution in [3.63, 3.8) is 0 Å². The number of nitrogens with one attached hydrogen (secondary N) is 2. The first kappa shape index (κ1) is 18.4. The number of hydrogen-bond acceptors (Lipinski definition) is 4. The molecule has 3 aliphatic rings. The van der Waals surface area contributed by atoms with Gasteiger partial charge < -0.3 is 20.1 Å². The first-order valence-electron chi connectivity index (χ1n) is 10.7. The molecule has 0 unspecified atom stereocenters. The largest absolute Gasteiger partial charge is 0.371 e. The average molecular weight is 393 g/mol. The van der Waals surface area contributed by atoms with Gasteiger partial charge in [0.15, 0.2) is 0 Å². The quantitative estimate of drug-likeness (QED) is 0.838. The van der Waals surface area contributed by atoms with Crippen molar-refractivity contribution in [2.45, 2.75) is 37.8 Å². The van der Waals surface area contributed by atoms with Gasteiger partial charge in [0.2, 0.25) is 0 Å². The van der Waals surface area contributed by atoms with Crippen LogP contribution in [0.4, 0.5) is 5.69 Å². The Bertz CT molecular complexity index is 947. The van der Waals surface area contributed by atoms with Crippen LogP contribution in [0.5, 0.6) is 0 Å². The molecule has 2 saturated heterocycles. The van der Waals surface area contributed by atoms with E-state index in [1.165, 1.54) is 5.69 Å². The second kappa shape index (κ2) is 7.67. The molecule has 2 bridgehead atoms. The fourth-order valence-electron chi connectivity index (χ4n) is 5.15. The van der Waals surface area contributed by atoms with Gasteiger partial charge in [0.1, 0.15) is 5.56 Å². The van der Waals surface area contributed by atoms with E-state index in [0.717, 1.165) is 51.1 Å². The van der Waals surface area contributed by atoms with E-state index in [2.05, 4.69) is 39.8 Å². The van der Waals surface area contributed by atoms with Crippen molar-refractivity contribution >= 4 is 11.6 Å². The van der Waals surface area contributed by atoms with E-state index in [0.29, 0.717) is 18.4 Å². The third-order valence-corrected chi connectivity index (χ3v) is 6.70. The molecule has 2 N–H and O–H groups in total. The smallest absolute Gasteiger partial charge is 0.263 e. The van der Waals surface area contributed by atoms with E-state index in [1.54, 1.807) is 6.07 Å². The van der Waals surface area contributed by atoms with E-state index in [9.17, 15) is 9.59 Å². The van der Waals surface area contributed by atoms with Crippen LogP contribution in [-0.2, 0) is 6.54 Å². The van der Waals surface area contributed by atoms with Gasteiger partial charge in [0, 0.05) is 49.5 Å². The van der Waals surface area contributed by atoms with E-state index < -0.39 is 0 Å². The number of hydrogen-bond donors (Lipinski definition) is 2. The topological polar surface area (TPSA) is 66.4 Å². The SMILES string of the molecule is O=C(NC1CCN(c2ccccc2)CC1)c1ccc2n(c1=O)C[C@@H]1CNC[C@H]2C1. The Morgan fingerprint density at radius 1 is 1.03 bits per heavy atom. The number of anilines is 1. The number of nitrogens with zero attached hydrogens (tertiary/aromatic N) is 2. The lowest BCUT2D eigenvalue weighted by Crippen LogP contribution is -2.48. The van der Waals surface area contributed by atoms with Crippen LogP contribution in [0.2, 0.25) is 0 Å². The minimum Gasteiger partial charge on any atom is -0.371 e. The van der Waals surface area contributed by atoms with Gasteiger partial charge >= 0.3 is 0 Å². The number of para-hydroxylation sites is 1. The number of pyridine rings is 1. The summed E-state index contributed by atoms with van der Waals surface area (Å²) >= 11 is 0. The molecule has 6 nitrogen and oxygen atoms in total. The summed E-state index contributed by atoms with van der Waals surface area (Å²) in [5.41, 5.74) is 2.46. The highest BCUT2D eigenvalue weighted by molar-refractivity contribution is 5.94. The normalized spacial score (nSPS) is 24.1. The minimum atomic E-state index is -0.225. The van der Waals surface area contributed by atoms with Crippen molar-refractivity contribution < 1.29 is 4.79 Å². The Balaban J connectivity index is 1.26. The van der Waals surface area contributed by atoms with Crippen LogP contribution < -0.4 is 21.1 Å². The summed E-state index contributed by atoms with van der Waals surface area (Å²) in [6, 6.07) is 14.2. The molecule has 5 rings (SSSR count). The lowest BCUT2D eigenvalue weighted by Gasteiger charge is -2.37. The molecule has 1 amide bonds. The molecule has 2 aromatic rings. The van der Waals surface area contributed by atoms with Crippen LogP contribution >= 0.6 is 0 Å². The van der Waals surface area contributed by atoms with Crippen molar-refractivity contribution in [1.29, 1.82) is 0 Å². The summed E-state index contributed by atoms with van der Waals surface area (Å²) in [4.78, 5) is 28.3. The zero-order valence-corrected chi connectivity index (χ0v) is 16.6. The van der Waals surface area contributed by atoms with Gasteiger partial charge in [0.25, 0.3) is 11.5 Å². The molecular weight excluding hydrogens is 364 g/mol. The van der Waals surface area contributed by atoms with E-state index >= 15 is 0 Å². The van der Waals surface area contributed by atoms with Crippen molar-refractivity contribution in [2.24, 2.45) is 5.92 Å². The van der Waals surface area contributed by atoms with Crippen LogP contribution in [0.25, 0.3) is 0 Å². The summed E-state index contributed by atoms with van der Waals surface area (Å²) in [6.07, 6.45) is 2.92. The highest BCUT2D eigenvalue weighted by Crippen LogP contribution is 2.31. The zero-order valence-electron chi connectivity index (χ0n) is 16.6. The molecule has 4 heterocycles. The zero-order chi connectivity index (χ0) is 19.8. The number of carbonyl (C=O) groups excluding carboxylic acids is 1. The molecule has 6 heteroatoms. The third kappa shape index (κ3) is 3.57. The van der Waals surface area contributed by atoms with Crippen molar-refractivity contribution in [3.8, 4) is 0 Å². The van der Waals surface area contributed by atoms with Crippen molar-refractivity contribution in [2.75, 3.05) is 31.1 Å². The van der Waals surface area contributed by atoms with Gasteiger partial charge in [-0.2, -0.15) is 0 Å². The minimum absolute atomic E-state index is 0.117. The summed E-state index contributed by atoms with van der Waals surface area (Å²) in [5, 5.41) is 6.57. The van der Waals surface area contributed by atoms with Gasteiger partial charge in [0.05, 0.1) is 0 Å². The molecule has 0 aliphatic carbocycles. The lowest BCUT2D eigenvalue weighted by atomic mass is 9.84. The number of carbonyl (C=O) groups is 1. The van der Waals surface area contributed by atoms with Crippen LogP contribution in [0.1, 0.15) is 41.2 Å². The number of aromatic nitrogens is 1. The highest BCUT2D eigenvalue weighted by Gasteiger charge is 2.32. The van der Waals surface area contributed by atoms with Crippen LogP contribution in [0, 0.1) is 5.92 Å². The van der Waals surface area contributed by atoms with E-state index in [1.807, 2.05) is 16.7 Å². The Labute approximate surface area is 170 Å². The maximum atomic E-state index is 13.0. The Morgan fingerprint density at radius 3 is 2.62 bits per heavy atom. The maximum Gasteiger partial charge on any atom is 0.263 e. The molecule has 2 fully saturated rings. The number of rotatable bonds is 3. The molecule has 29 heavy (non-hydrogen) atoms. The summed E-state index contributed by atoms with van der Waals surface area (Å²) in [5.74, 6) is 0.645. The monoisotopic (exact) mass is 392 g/mol. The Hall–Kier alpha value is -2.60. The molecule has 1 aromatic heterocycles. The first-order chi connectivity index (χ1) is 14.2. The molecule has 2 atom stereocenters. The highest BCUT2D eigenvalue weighted by atomic mass is 16.2. The Kier molecular flexibility index (Phi) is 4.87. The molecule has 3 aliphatic heterocycles. The number of amides is 1. The van der Waals surface area contributed by atoms with Crippen LogP contribution in [0.3, 0.4) is 0 Å². The summed E-state index contributed by atoms with van der Waals surface area (Å²) in [6.45, 7) is 4.41. The van der Waals surface area contributed by atoms with Gasteiger partial charge in [-0.25, -0.2) is 0 Å². The van der Waals surface area contributed by atoms with Crippen molar-refractivity contribution in [3.05, 3.63) is 64.1 Å². The lowest BCUT2D eigenvalue weighted by molar-refractivity contribution is 0.0928. The van der Waals surface area contributed by atoms with E-state index in [-0.39, 0.29) is 23.1 Å². The molecule has 0 spiro atoms.